The van der Waals surface area contributed by atoms with Crippen LogP contribution in [0.1, 0.15) is 43.0 Å². The Labute approximate surface area is 174 Å². The molecular formula is C27H27NO. The van der Waals surface area contributed by atoms with Crippen molar-refractivity contribution >= 4 is 0 Å². The summed E-state index contributed by atoms with van der Waals surface area (Å²) in [7, 11) is 0. The number of hydrogen-bond acceptors (Lipinski definition) is 2. The minimum atomic E-state index is -1.34. The molecule has 1 unspecified atom stereocenters. The first-order valence-electron chi connectivity index (χ1n) is 9.38. The van der Waals surface area contributed by atoms with E-state index in [2.05, 4.69) is 50.7 Å². The van der Waals surface area contributed by atoms with Crippen LogP contribution in [-0.4, -0.2) is 5.11 Å². The topological polar surface area (TPSA) is 46.2 Å². The van der Waals surface area contributed by atoms with Gasteiger partial charge in [0.15, 0.2) is 0 Å². The highest BCUT2D eigenvalue weighted by Gasteiger charge is 2.17. The Morgan fingerprint density at radius 2 is 1.31 bits per heavy atom. The van der Waals surface area contributed by atoms with Gasteiger partial charge in [0.05, 0.1) is 5.41 Å². The lowest BCUT2D eigenvalue weighted by Gasteiger charge is -2.18. The molecule has 0 saturated heterocycles. The van der Waals surface area contributed by atoms with Crippen molar-refractivity contribution < 1.29 is 5.11 Å². The second-order valence-corrected chi connectivity index (χ2v) is 7.49. The Morgan fingerprint density at radius 3 is 1.72 bits per heavy atom. The SMILES string of the molecule is C=C/C=C(\C=C)C(C)(C)C#Cc1ccc(C#Cc2ccc(C(C)(N)O)cc2)cc1. The molecule has 0 aromatic heterocycles. The fraction of sp³-hybridized carbons (Fsp3) is 0.185. The Balaban J connectivity index is 2.15. The molecule has 0 saturated carbocycles. The minimum absolute atomic E-state index is 0.311. The number of nitrogens with two attached hydrogens (primary N) is 1. The first kappa shape index (κ1) is 22.0. The Morgan fingerprint density at radius 1 is 0.862 bits per heavy atom. The van der Waals surface area contributed by atoms with Gasteiger partial charge in [0, 0.05) is 16.7 Å². The van der Waals surface area contributed by atoms with Crippen molar-refractivity contribution in [1.29, 1.82) is 0 Å². The van der Waals surface area contributed by atoms with Crippen LogP contribution < -0.4 is 5.73 Å². The maximum atomic E-state index is 9.80. The van der Waals surface area contributed by atoms with E-state index < -0.39 is 5.72 Å². The van der Waals surface area contributed by atoms with Crippen molar-refractivity contribution in [2.45, 2.75) is 26.5 Å². The lowest BCUT2D eigenvalue weighted by molar-refractivity contribution is 0.0647. The molecule has 0 fully saturated rings. The summed E-state index contributed by atoms with van der Waals surface area (Å²) in [5, 5.41) is 9.80. The van der Waals surface area contributed by atoms with Crippen LogP contribution in [0.3, 0.4) is 0 Å². The average Bonchev–Trinajstić information content (AvgIpc) is 2.69. The summed E-state index contributed by atoms with van der Waals surface area (Å²) in [6, 6.07) is 15.1. The maximum Gasteiger partial charge on any atom is 0.136 e. The zero-order valence-electron chi connectivity index (χ0n) is 17.3. The molecule has 0 bridgehead atoms. The van der Waals surface area contributed by atoms with Crippen molar-refractivity contribution in [3.8, 4) is 23.7 Å². The third-order valence-corrected chi connectivity index (χ3v) is 4.46. The van der Waals surface area contributed by atoms with E-state index in [0.29, 0.717) is 5.56 Å². The summed E-state index contributed by atoms with van der Waals surface area (Å²) in [6.45, 7) is 13.3. The number of benzene rings is 2. The highest BCUT2D eigenvalue weighted by Crippen LogP contribution is 2.26. The monoisotopic (exact) mass is 381 g/mol. The lowest BCUT2D eigenvalue weighted by Crippen LogP contribution is -2.32. The third-order valence-electron chi connectivity index (χ3n) is 4.46. The van der Waals surface area contributed by atoms with E-state index in [-0.39, 0.29) is 5.41 Å². The smallest absolute Gasteiger partial charge is 0.136 e. The van der Waals surface area contributed by atoms with Gasteiger partial charge in [0.1, 0.15) is 5.72 Å². The maximum absolute atomic E-state index is 9.80. The van der Waals surface area contributed by atoms with E-state index in [4.69, 9.17) is 5.73 Å². The number of hydrogen-bond donors (Lipinski definition) is 2. The van der Waals surface area contributed by atoms with Crippen LogP contribution in [-0.2, 0) is 5.72 Å². The van der Waals surface area contributed by atoms with Crippen molar-refractivity contribution in [3.05, 3.63) is 108 Å². The minimum Gasteiger partial charge on any atom is -0.372 e. The molecule has 2 rings (SSSR count). The molecule has 3 N–H and O–H groups in total. The molecule has 0 amide bonds. The van der Waals surface area contributed by atoms with E-state index in [1.807, 2.05) is 48.6 Å². The van der Waals surface area contributed by atoms with Gasteiger partial charge in [-0.3, -0.25) is 0 Å². The molecule has 0 radical (unpaired) electrons. The van der Waals surface area contributed by atoms with Gasteiger partial charge in [-0.05, 0) is 68.3 Å². The molecule has 29 heavy (non-hydrogen) atoms. The highest BCUT2D eigenvalue weighted by molar-refractivity contribution is 5.47. The summed E-state index contributed by atoms with van der Waals surface area (Å²) in [4.78, 5) is 0. The normalized spacial score (nSPS) is 13.2. The quantitative estimate of drug-likeness (QED) is 0.450. The second kappa shape index (κ2) is 9.26. The van der Waals surface area contributed by atoms with Gasteiger partial charge < -0.3 is 10.8 Å². The number of rotatable bonds is 4. The molecule has 2 aromatic rings. The molecule has 146 valence electrons. The zero-order valence-corrected chi connectivity index (χ0v) is 17.3. The zero-order chi connectivity index (χ0) is 21.5. The predicted molar refractivity (Wildman–Crippen MR) is 122 cm³/mol. The number of allylic oxidation sites excluding steroid dienone is 4. The van der Waals surface area contributed by atoms with E-state index in [0.717, 1.165) is 22.3 Å². The summed E-state index contributed by atoms with van der Waals surface area (Å²) in [5.74, 6) is 12.8. The highest BCUT2D eigenvalue weighted by atomic mass is 16.3. The predicted octanol–water partition coefficient (Wildman–Crippen LogP) is 4.89. The van der Waals surface area contributed by atoms with Crippen molar-refractivity contribution in [3.63, 3.8) is 0 Å². The molecule has 0 spiro atoms. The lowest BCUT2D eigenvalue weighted by atomic mass is 9.84. The van der Waals surface area contributed by atoms with Crippen LogP contribution in [0.5, 0.6) is 0 Å². The van der Waals surface area contributed by atoms with Gasteiger partial charge in [-0.1, -0.05) is 67.2 Å². The molecule has 0 heterocycles. The molecule has 0 aliphatic carbocycles. The second-order valence-electron chi connectivity index (χ2n) is 7.49. The van der Waals surface area contributed by atoms with Crippen LogP contribution in [0.2, 0.25) is 0 Å². The molecule has 2 nitrogen and oxygen atoms in total. The number of aliphatic hydroxyl groups is 1. The summed E-state index contributed by atoms with van der Waals surface area (Å²) >= 11 is 0. The fourth-order valence-electron chi connectivity index (χ4n) is 2.63. The third kappa shape index (κ3) is 6.37. The first-order chi connectivity index (χ1) is 13.7. The summed E-state index contributed by atoms with van der Waals surface area (Å²) < 4.78 is 0. The van der Waals surface area contributed by atoms with E-state index >= 15 is 0 Å². The molecule has 2 heteroatoms. The Kier molecular flexibility index (Phi) is 7.03. The van der Waals surface area contributed by atoms with Gasteiger partial charge >= 0.3 is 0 Å². The van der Waals surface area contributed by atoms with Gasteiger partial charge in [0.25, 0.3) is 0 Å². The van der Waals surface area contributed by atoms with Crippen molar-refractivity contribution in [1.82, 2.24) is 0 Å². The first-order valence-corrected chi connectivity index (χ1v) is 9.38. The average molecular weight is 382 g/mol. The molecule has 0 aliphatic heterocycles. The van der Waals surface area contributed by atoms with Gasteiger partial charge in [-0.25, -0.2) is 0 Å². The van der Waals surface area contributed by atoms with Gasteiger partial charge in [-0.2, -0.15) is 0 Å². The Hall–Kier alpha value is -3.30. The molecule has 2 aromatic carbocycles. The molecular weight excluding hydrogens is 354 g/mol. The van der Waals surface area contributed by atoms with E-state index in [1.165, 1.54) is 0 Å². The van der Waals surface area contributed by atoms with Crippen LogP contribution >= 0.6 is 0 Å². The van der Waals surface area contributed by atoms with Crippen molar-refractivity contribution in [2.75, 3.05) is 0 Å². The van der Waals surface area contributed by atoms with Gasteiger partial charge in [0.2, 0.25) is 0 Å². The summed E-state index contributed by atoms with van der Waals surface area (Å²) in [6.07, 6.45) is 5.50. The van der Waals surface area contributed by atoms with E-state index in [1.54, 1.807) is 25.1 Å². The Bertz CT molecular complexity index is 1020. The summed E-state index contributed by atoms with van der Waals surface area (Å²) in [5.41, 5.74) is 8.39. The van der Waals surface area contributed by atoms with E-state index in [9.17, 15) is 5.11 Å². The van der Waals surface area contributed by atoms with Crippen LogP contribution in [0.4, 0.5) is 0 Å². The largest absolute Gasteiger partial charge is 0.372 e. The molecule has 1 atom stereocenters. The van der Waals surface area contributed by atoms with Crippen molar-refractivity contribution in [2.24, 2.45) is 11.1 Å². The van der Waals surface area contributed by atoms with Crippen LogP contribution in [0.15, 0.2) is 85.5 Å². The van der Waals surface area contributed by atoms with Crippen LogP contribution in [0, 0.1) is 29.1 Å². The fourth-order valence-corrected chi connectivity index (χ4v) is 2.63. The standard InChI is InChI=1S/C27H27NO/c1-6-8-24(7-2)26(3,4)20-19-23-13-11-21(12-14-23)9-10-22-15-17-25(18-16-22)27(5,28)29/h6-8,11-18,29H,1-2,28H2,3-5H3/b24-8+. The molecule has 0 aliphatic rings. The van der Waals surface area contributed by atoms with Gasteiger partial charge in [-0.15, -0.1) is 0 Å². The van der Waals surface area contributed by atoms with Crippen LogP contribution in [0.25, 0.3) is 0 Å².